The largest absolute Gasteiger partial charge is 0.462 e. The van der Waals surface area contributed by atoms with Crippen LogP contribution in [0.4, 0.5) is 5.69 Å². The van der Waals surface area contributed by atoms with Gasteiger partial charge in [0.1, 0.15) is 4.83 Å². The van der Waals surface area contributed by atoms with Gasteiger partial charge in [-0.05, 0) is 44.2 Å². The molecule has 4 aromatic rings. The van der Waals surface area contributed by atoms with E-state index in [0.29, 0.717) is 16.1 Å². The first-order valence-electron chi connectivity index (χ1n) is 9.20. The Morgan fingerprint density at radius 1 is 1.10 bits per heavy atom. The lowest BCUT2D eigenvalue weighted by molar-refractivity contribution is 0.0527. The van der Waals surface area contributed by atoms with Gasteiger partial charge in [0.25, 0.3) is 5.91 Å². The second-order valence-electron chi connectivity index (χ2n) is 6.38. The highest BCUT2D eigenvalue weighted by Gasteiger charge is 2.19. The Bertz CT molecular complexity index is 1190. The predicted octanol–water partition coefficient (Wildman–Crippen LogP) is 4.82. The van der Waals surface area contributed by atoms with E-state index in [1.54, 1.807) is 31.2 Å². The average molecular weight is 405 g/mol. The van der Waals surface area contributed by atoms with Crippen molar-refractivity contribution in [2.75, 3.05) is 11.9 Å². The van der Waals surface area contributed by atoms with E-state index in [4.69, 9.17) is 4.74 Å². The number of thiophene rings is 1. The van der Waals surface area contributed by atoms with Gasteiger partial charge < -0.3 is 10.1 Å². The Morgan fingerprint density at radius 3 is 2.59 bits per heavy atom. The minimum atomic E-state index is -0.463. The molecule has 0 saturated carbocycles. The Balaban J connectivity index is 1.67. The normalized spacial score (nSPS) is 10.8. The van der Waals surface area contributed by atoms with Gasteiger partial charge in [-0.3, -0.25) is 4.79 Å². The summed E-state index contributed by atoms with van der Waals surface area (Å²) < 4.78 is 6.92. The third-order valence-corrected chi connectivity index (χ3v) is 5.55. The fraction of sp³-hybridized carbons (Fsp3) is 0.136. The minimum absolute atomic E-state index is 0.271. The van der Waals surface area contributed by atoms with E-state index in [9.17, 15) is 9.59 Å². The van der Waals surface area contributed by atoms with Crippen LogP contribution in [0.2, 0.25) is 0 Å². The van der Waals surface area contributed by atoms with Crippen LogP contribution < -0.4 is 5.32 Å². The summed E-state index contributed by atoms with van der Waals surface area (Å²) in [6.45, 7) is 3.94. The summed E-state index contributed by atoms with van der Waals surface area (Å²) in [5.74, 6) is -0.739. The lowest BCUT2D eigenvalue weighted by Crippen LogP contribution is -2.15. The van der Waals surface area contributed by atoms with Crippen LogP contribution in [0.3, 0.4) is 0 Å². The number of ether oxygens (including phenoxy) is 1. The van der Waals surface area contributed by atoms with Gasteiger partial charge in [0.05, 0.1) is 34.1 Å². The van der Waals surface area contributed by atoms with Crippen molar-refractivity contribution < 1.29 is 14.3 Å². The highest BCUT2D eigenvalue weighted by Crippen LogP contribution is 2.31. The Kier molecular flexibility index (Phi) is 5.14. The SMILES string of the molecule is CCOC(=O)c1ccccc1NC(=O)c1cc2c(C)nn(-c3ccccc3)c2s1. The van der Waals surface area contributed by atoms with Crippen LogP contribution in [-0.4, -0.2) is 28.3 Å². The number of anilines is 1. The van der Waals surface area contributed by atoms with E-state index in [1.807, 2.05) is 48.0 Å². The highest BCUT2D eigenvalue weighted by atomic mass is 32.1. The van der Waals surface area contributed by atoms with E-state index in [0.717, 1.165) is 21.6 Å². The maximum Gasteiger partial charge on any atom is 0.340 e. The summed E-state index contributed by atoms with van der Waals surface area (Å²) in [7, 11) is 0. The van der Waals surface area contributed by atoms with Crippen molar-refractivity contribution in [3.8, 4) is 5.69 Å². The Labute approximate surface area is 171 Å². The topological polar surface area (TPSA) is 73.2 Å². The third kappa shape index (κ3) is 3.64. The van der Waals surface area contributed by atoms with Gasteiger partial charge in [0.2, 0.25) is 0 Å². The van der Waals surface area contributed by atoms with Crippen LogP contribution in [0.1, 0.15) is 32.6 Å². The molecule has 0 unspecified atom stereocenters. The molecule has 0 saturated heterocycles. The quantitative estimate of drug-likeness (QED) is 0.483. The van der Waals surface area contributed by atoms with E-state index in [1.165, 1.54) is 11.3 Å². The first-order chi connectivity index (χ1) is 14.1. The molecule has 6 nitrogen and oxygen atoms in total. The van der Waals surface area contributed by atoms with Crippen molar-refractivity contribution in [3.05, 3.63) is 76.8 Å². The lowest BCUT2D eigenvalue weighted by Gasteiger charge is -2.09. The molecule has 7 heteroatoms. The van der Waals surface area contributed by atoms with Crippen LogP contribution >= 0.6 is 11.3 Å². The standard InChI is InChI=1S/C22H19N3O3S/c1-3-28-22(27)16-11-7-8-12-18(16)23-20(26)19-13-17-14(2)24-25(21(17)29-19)15-9-5-4-6-10-15/h4-13H,3H2,1-2H3,(H,23,26). The minimum Gasteiger partial charge on any atom is -0.462 e. The Hall–Kier alpha value is -3.45. The van der Waals surface area contributed by atoms with E-state index in [-0.39, 0.29) is 12.5 Å². The second kappa shape index (κ2) is 7.89. The molecule has 4 rings (SSSR count). The molecule has 1 N–H and O–H groups in total. The number of nitrogens with zero attached hydrogens (tertiary/aromatic N) is 2. The number of hydrogen-bond acceptors (Lipinski definition) is 5. The summed E-state index contributed by atoms with van der Waals surface area (Å²) >= 11 is 1.36. The zero-order valence-electron chi connectivity index (χ0n) is 16.0. The number of esters is 1. The molecule has 0 spiro atoms. The highest BCUT2D eigenvalue weighted by molar-refractivity contribution is 7.20. The number of rotatable bonds is 5. The monoisotopic (exact) mass is 405 g/mol. The average Bonchev–Trinajstić information content (AvgIpc) is 3.30. The summed E-state index contributed by atoms with van der Waals surface area (Å²) in [6, 6.07) is 18.5. The summed E-state index contributed by atoms with van der Waals surface area (Å²) in [5.41, 5.74) is 2.54. The van der Waals surface area contributed by atoms with Crippen molar-refractivity contribution >= 4 is 39.1 Å². The van der Waals surface area contributed by atoms with Crippen molar-refractivity contribution in [1.29, 1.82) is 0 Å². The summed E-state index contributed by atoms with van der Waals surface area (Å²) in [5, 5.41) is 8.37. The molecule has 0 aliphatic heterocycles. The molecule has 1 amide bonds. The molecular formula is C22H19N3O3S. The van der Waals surface area contributed by atoms with Crippen molar-refractivity contribution in [2.24, 2.45) is 0 Å². The van der Waals surface area contributed by atoms with Crippen molar-refractivity contribution in [1.82, 2.24) is 9.78 Å². The molecule has 146 valence electrons. The van der Waals surface area contributed by atoms with Gasteiger partial charge in [0, 0.05) is 5.39 Å². The summed E-state index contributed by atoms with van der Waals surface area (Å²) in [6.07, 6.45) is 0. The molecule has 2 aromatic heterocycles. The molecule has 2 aromatic carbocycles. The fourth-order valence-corrected chi connectivity index (χ4v) is 4.14. The smallest absolute Gasteiger partial charge is 0.340 e. The number of carbonyl (C=O) groups excluding carboxylic acids is 2. The molecule has 0 fully saturated rings. The molecule has 0 atom stereocenters. The zero-order chi connectivity index (χ0) is 20.4. The van der Waals surface area contributed by atoms with Gasteiger partial charge in [-0.25, -0.2) is 9.48 Å². The van der Waals surface area contributed by atoms with Gasteiger partial charge in [-0.15, -0.1) is 11.3 Å². The number of nitrogens with one attached hydrogen (secondary N) is 1. The van der Waals surface area contributed by atoms with Crippen LogP contribution in [0, 0.1) is 6.92 Å². The number of hydrogen-bond donors (Lipinski definition) is 1. The van der Waals surface area contributed by atoms with Crippen molar-refractivity contribution in [3.63, 3.8) is 0 Å². The van der Waals surface area contributed by atoms with E-state index < -0.39 is 5.97 Å². The third-order valence-electron chi connectivity index (χ3n) is 4.44. The number of carbonyl (C=O) groups is 2. The number of aryl methyl sites for hydroxylation is 1. The first kappa shape index (κ1) is 18.9. The maximum atomic E-state index is 12.9. The van der Waals surface area contributed by atoms with Gasteiger partial charge >= 0.3 is 5.97 Å². The summed E-state index contributed by atoms with van der Waals surface area (Å²) in [4.78, 5) is 26.5. The molecule has 29 heavy (non-hydrogen) atoms. The van der Waals surface area contributed by atoms with Crippen LogP contribution in [0.25, 0.3) is 15.9 Å². The molecule has 0 aliphatic rings. The van der Waals surface area contributed by atoms with Crippen molar-refractivity contribution in [2.45, 2.75) is 13.8 Å². The molecule has 2 heterocycles. The maximum absolute atomic E-state index is 12.9. The second-order valence-corrected chi connectivity index (χ2v) is 7.41. The number of benzene rings is 2. The van der Waals surface area contributed by atoms with Crippen LogP contribution in [0.5, 0.6) is 0 Å². The predicted molar refractivity (Wildman–Crippen MR) is 114 cm³/mol. The molecule has 0 bridgehead atoms. The number of aromatic nitrogens is 2. The number of fused-ring (bicyclic) bond motifs is 1. The van der Waals surface area contributed by atoms with Gasteiger partial charge in [-0.1, -0.05) is 30.3 Å². The van der Waals surface area contributed by atoms with E-state index in [2.05, 4.69) is 10.4 Å². The molecule has 0 aliphatic carbocycles. The van der Waals surface area contributed by atoms with Crippen LogP contribution in [-0.2, 0) is 4.74 Å². The zero-order valence-corrected chi connectivity index (χ0v) is 16.8. The van der Waals surface area contributed by atoms with Crippen LogP contribution in [0.15, 0.2) is 60.7 Å². The van der Waals surface area contributed by atoms with Gasteiger partial charge in [0.15, 0.2) is 0 Å². The van der Waals surface area contributed by atoms with Gasteiger partial charge in [-0.2, -0.15) is 5.10 Å². The number of amides is 1. The Morgan fingerprint density at radius 2 is 1.83 bits per heavy atom. The molecular weight excluding hydrogens is 386 g/mol. The lowest BCUT2D eigenvalue weighted by atomic mass is 10.1. The number of para-hydroxylation sites is 2. The molecule has 0 radical (unpaired) electrons. The first-order valence-corrected chi connectivity index (χ1v) is 10.0. The fourth-order valence-electron chi connectivity index (χ4n) is 3.07. The van der Waals surface area contributed by atoms with E-state index >= 15 is 0 Å².